The molecule has 1 amide bonds. The fraction of sp³-hybridized carbons (Fsp3) is 0.379. The highest BCUT2D eigenvalue weighted by Gasteiger charge is 2.26. The third kappa shape index (κ3) is 5.58. The predicted molar refractivity (Wildman–Crippen MR) is 144 cm³/mol. The summed E-state index contributed by atoms with van der Waals surface area (Å²) in [7, 11) is 3.04. The molecule has 2 aromatic carbocycles. The highest BCUT2D eigenvalue weighted by Crippen LogP contribution is 2.28. The topological polar surface area (TPSA) is 110 Å². The number of amides is 1. The van der Waals surface area contributed by atoms with Crippen LogP contribution in [0.4, 0.5) is 0 Å². The number of benzene rings is 2. The molecule has 0 spiro atoms. The van der Waals surface area contributed by atoms with E-state index in [1.807, 2.05) is 45.9 Å². The molecule has 0 saturated heterocycles. The SMILES string of the molecule is Cc1c(-c2ccc(C[C@@H](NC(=O)c3c(C(C)C)cccc3C(C)C)C(=O)O)cc2)c(=O)n(C)c(=O)n1C. The van der Waals surface area contributed by atoms with Gasteiger partial charge in [-0.05, 0) is 41.0 Å². The van der Waals surface area contributed by atoms with Crippen molar-refractivity contribution in [1.82, 2.24) is 14.5 Å². The second-order valence-corrected chi connectivity index (χ2v) is 10.1. The highest BCUT2D eigenvalue weighted by molar-refractivity contribution is 5.99. The number of carboxylic acids is 1. The maximum atomic E-state index is 13.4. The van der Waals surface area contributed by atoms with Gasteiger partial charge in [-0.3, -0.25) is 14.2 Å². The van der Waals surface area contributed by atoms with E-state index in [1.165, 1.54) is 11.6 Å². The summed E-state index contributed by atoms with van der Waals surface area (Å²) in [4.78, 5) is 50.4. The molecule has 0 bridgehead atoms. The van der Waals surface area contributed by atoms with E-state index in [-0.39, 0.29) is 18.3 Å². The monoisotopic (exact) mass is 505 g/mol. The number of hydrogen-bond acceptors (Lipinski definition) is 4. The summed E-state index contributed by atoms with van der Waals surface area (Å²) in [6.45, 7) is 9.73. The minimum atomic E-state index is -1.13. The van der Waals surface area contributed by atoms with Gasteiger partial charge in [-0.1, -0.05) is 70.2 Å². The Labute approximate surface area is 216 Å². The number of nitrogens with zero attached hydrogens (tertiary/aromatic N) is 2. The van der Waals surface area contributed by atoms with E-state index in [0.717, 1.165) is 15.7 Å². The van der Waals surface area contributed by atoms with Crippen LogP contribution in [0.15, 0.2) is 52.1 Å². The van der Waals surface area contributed by atoms with Gasteiger partial charge in [0.15, 0.2) is 0 Å². The normalized spacial score (nSPS) is 12.1. The molecule has 3 rings (SSSR count). The van der Waals surface area contributed by atoms with Crippen molar-refractivity contribution in [2.45, 2.75) is 58.9 Å². The van der Waals surface area contributed by atoms with Gasteiger partial charge < -0.3 is 15.0 Å². The van der Waals surface area contributed by atoms with Crippen LogP contribution in [0.5, 0.6) is 0 Å². The van der Waals surface area contributed by atoms with Gasteiger partial charge in [-0.25, -0.2) is 9.59 Å². The summed E-state index contributed by atoms with van der Waals surface area (Å²) in [5.74, 6) is -1.33. The van der Waals surface area contributed by atoms with E-state index < -0.39 is 29.2 Å². The molecule has 0 unspecified atom stereocenters. The molecule has 8 heteroatoms. The second kappa shape index (κ2) is 11.0. The quantitative estimate of drug-likeness (QED) is 0.485. The van der Waals surface area contributed by atoms with Crippen LogP contribution >= 0.6 is 0 Å². The molecule has 1 heterocycles. The van der Waals surface area contributed by atoms with Gasteiger partial charge in [0.05, 0.1) is 5.56 Å². The van der Waals surface area contributed by atoms with Crippen LogP contribution in [0.25, 0.3) is 11.1 Å². The van der Waals surface area contributed by atoms with Gasteiger partial charge in [0, 0.05) is 31.8 Å². The van der Waals surface area contributed by atoms with Crippen LogP contribution in [0.3, 0.4) is 0 Å². The van der Waals surface area contributed by atoms with Gasteiger partial charge in [0.25, 0.3) is 11.5 Å². The number of carboxylic acid groups (broad SMARTS) is 1. The Morgan fingerprint density at radius 1 is 0.892 bits per heavy atom. The number of aromatic nitrogens is 2. The Kier molecular flexibility index (Phi) is 8.21. The van der Waals surface area contributed by atoms with Crippen molar-refractivity contribution < 1.29 is 14.7 Å². The van der Waals surface area contributed by atoms with E-state index in [1.54, 1.807) is 38.2 Å². The molecule has 0 radical (unpaired) electrons. The van der Waals surface area contributed by atoms with E-state index in [0.29, 0.717) is 27.9 Å². The molecular formula is C29H35N3O5. The predicted octanol–water partition coefficient (Wildman–Crippen LogP) is 3.73. The maximum Gasteiger partial charge on any atom is 0.330 e. The zero-order chi connectivity index (χ0) is 27.6. The van der Waals surface area contributed by atoms with Crippen molar-refractivity contribution in [3.8, 4) is 11.1 Å². The minimum Gasteiger partial charge on any atom is -0.480 e. The van der Waals surface area contributed by atoms with Crippen LogP contribution in [-0.4, -0.2) is 32.2 Å². The lowest BCUT2D eigenvalue weighted by Gasteiger charge is -2.21. The summed E-state index contributed by atoms with van der Waals surface area (Å²) < 4.78 is 2.48. The smallest absolute Gasteiger partial charge is 0.330 e. The number of hydrogen-bond donors (Lipinski definition) is 2. The lowest BCUT2D eigenvalue weighted by atomic mass is 9.88. The highest BCUT2D eigenvalue weighted by atomic mass is 16.4. The first kappa shape index (κ1) is 27.6. The number of nitrogens with one attached hydrogen (secondary N) is 1. The average Bonchev–Trinajstić information content (AvgIpc) is 2.86. The van der Waals surface area contributed by atoms with Crippen molar-refractivity contribution in [3.05, 3.63) is 91.3 Å². The molecule has 0 aliphatic rings. The molecule has 0 saturated carbocycles. The Morgan fingerprint density at radius 2 is 1.43 bits per heavy atom. The van der Waals surface area contributed by atoms with Gasteiger partial charge >= 0.3 is 11.7 Å². The fourth-order valence-corrected chi connectivity index (χ4v) is 4.56. The zero-order valence-corrected chi connectivity index (χ0v) is 22.5. The second-order valence-electron chi connectivity index (χ2n) is 10.1. The molecule has 8 nitrogen and oxygen atoms in total. The molecule has 0 aliphatic heterocycles. The molecule has 1 aromatic heterocycles. The molecular weight excluding hydrogens is 470 g/mol. The third-order valence-corrected chi connectivity index (χ3v) is 6.84. The minimum absolute atomic E-state index is 0.0759. The molecule has 2 N–H and O–H groups in total. The van der Waals surface area contributed by atoms with Crippen LogP contribution in [0, 0.1) is 6.92 Å². The van der Waals surface area contributed by atoms with Gasteiger partial charge in [0.2, 0.25) is 0 Å². The van der Waals surface area contributed by atoms with Crippen molar-refractivity contribution in [2.24, 2.45) is 14.1 Å². The first-order valence-electron chi connectivity index (χ1n) is 12.4. The zero-order valence-electron chi connectivity index (χ0n) is 22.5. The largest absolute Gasteiger partial charge is 0.480 e. The fourth-order valence-electron chi connectivity index (χ4n) is 4.56. The average molecular weight is 506 g/mol. The van der Waals surface area contributed by atoms with E-state index in [4.69, 9.17) is 0 Å². The Hall–Kier alpha value is -3.94. The van der Waals surface area contributed by atoms with Crippen molar-refractivity contribution in [2.75, 3.05) is 0 Å². The summed E-state index contributed by atoms with van der Waals surface area (Å²) in [6.07, 6.45) is 0.0759. The van der Waals surface area contributed by atoms with Gasteiger partial charge in [0.1, 0.15) is 6.04 Å². The van der Waals surface area contributed by atoms with Crippen LogP contribution < -0.4 is 16.6 Å². The van der Waals surface area contributed by atoms with Crippen molar-refractivity contribution in [1.29, 1.82) is 0 Å². The van der Waals surface area contributed by atoms with Gasteiger partial charge in [-0.2, -0.15) is 0 Å². The summed E-state index contributed by atoms with van der Waals surface area (Å²) in [5.41, 5.74) is 3.77. The molecule has 196 valence electrons. The number of rotatable bonds is 8. The summed E-state index contributed by atoms with van der Waals surface area (Å²) in [6, 6.07) is 11.6. The van der Waals surface area contributed by atoms with Gasteiger partial charge in [-0.15, -0.1) is 0 Å². The van der Waals surface area contributed by atoms with E-state index in [2.05, 4.69) is 5.32 Å². The Morgan fingerprint density at radius 3 is 1.92 bits per heavy atom. The van der Waals surface area contributed by atoms with E-state index in [9.17, 15) is 24.3 Å². The number of aliphatic carboxylic acids is 1. The van der Waals surface area contributed by atoms with E-state index >= 15 is 0 Å². The standard InChI is InChI=1S/C29H35N3O5/c1-16(2)21-9-8-10-22(17(3)4)25(21)26(33)30-23(28(35)36)15-19-11-13-20(14-12-19)24-18(5)31(6)29(37)32(7)27(24)34/h8-14,16-17,23H,15H2,1-7H3,(H,30,33)(H,35,36)/t23-/m1/s1. The summed E-state index contributed by atoms with van der Waals surface area (Å²) >= 11 is 0. The number of carbonyl (C=O) groups is 2. The van der Waals surface area contributed by atoms with Crippen molar-refractivity contribution in [3.63, 3.8) is 0 Å². The van der Waals surface area contributed by atoms with Crippen molar-refractivity contribution >= 4 is 11.9 Å². The molecule has 1 atom stereocenters. The molecule has 0 aliphatic carbocycles. The summed E-state index contributed by atoms with van der Waals surface area (Å²) in [5, 5.41) is 12.6. The first-order chi connectivity index (χ1) is 17.3. The third-order valence-electron chi connectivity index (χ3n) is 6.84. The van der Waals surface area contributed by atoms with Crippen LogP contribution in [-0.2, 0) is 25.3 Å². The Bertz CT molecular complexity index is 1420. The van der Waals surface area contributed by atoms with Crippen LogP contribution in [0.2, 0.25) is 0 Å². The lowest BCUT2D eigenvalue weighted by molar-refractivity contribution is -0.139. The Balaban J connectivity index is 1.91. The molecule has 3 aromatic rings. The first-order valence-corrected chi connectivity index (χ1v) is 12.4. The molecule has 37 heavy (non-hydrogen) atoms. The number of carbonyl (C=O) groups excluding carboxylic acids is 1. The maximum absolute atomic E-state index is 13.4. The van der Waals surface area contributed by atoms with Crippen LogP contribution in [0.1, 0.15) is 72.3 Å². The lowest BCUT2D eigenvalue weighted by Crippen LogP contribution is -2.43. The molecule has 0 fully saturated rings.